The van der Waals surface area contributed by atoms with E-state index in [-0.39, 0.29) is 11.8 Å². The number of nitrogens with zero attached hydrogens (tertiary/aromatic N) is 4. The van der Waals surface area contributed by atoms with Crippen molar-refractivity contribution < 1.29 is 13.9 Å². The van der Waals surface area contributed by atoms with E-state index in [1.165, 1.54) is 18.3 Å². The standard InChI is InChI=1S/C20H19FN4O2/c1-14-8-15(10-22-9-14)20(26)25-11-16-4-3-7-24(16)12-17(13-25)27-19-18(21)5-2-6-23-19/h2-10,17H,11-13H2,1H3/t17-/m0/s1. The summed E-state index contributed by atoms with van der Waals surface area (Å²) in [6.07, 6.45) is 6.26. The van der Waals surface area contributed by atoms with Crippen LogP contribution in [0.15, 0.2) is 55.1 Å². The zero-order chi connectivity index (χ0) is 18.8. The first kappa shape index (κ1) is 17.2. The van der Waals surface area contributed by atoms with Crippen LogP contribution in [-0.2, 0) is 13.1 Å². The zero-order valence-corrected chi connectivity index (χ0v) is 14.9. The molecule has 0 saturated carbocycles. The largest absolute Gasteiger partial charge is 0.468 e. The maximum absolute atomic E-state index is 14.0. The Labute approximate surface area is 156 Å². The molecule has 4 heterocycles. The fourth-order valence-corrected chi connectivity index (χ4v) is 3.25. The molecule has 1 amide bonds. The van der Waals surface area contributed by atoms with Crippen LogP contribution in [0, 0.1) is 12.7 Å². The highest BCUT2D eigenvalue weighted by Gasteiger charge is 2.27. The molecule has 0 unspecified atom stereocenters. The number of pyridine rings is 2. The van der Waals surface area contributed by atoms with Gasteiger partial charge in [0, 0.05) is 30.5 Å². The van der Waals surface area contributed by atoms with E-state index in [9.17, 15) is 9.18 Å². The second kappa shape index (κ2) is 7.19. The number of aryl methyl sites for hydroxylation is 1. The van der Waals surface area contributed by atoms with Crippen LogP contribution in [-0.4, -0.2) is 38.0 Å². The predicted molar refractivity (Wildman–Crippen MR) is 96.8 cm³/mol. The number of carbonyl (C=O) groups is 1. The van der Waals surface area contributed by atoms with Crippen molar-refractivity contribution in [2.45, 2.75) is 26.1 Å². The molecule has 0 spiro atoms. The number of amides is 1. The first-order valence-corrected chi connectivity index (χ1v) is 8.72. The summed E-state index contributed by atoms with van der Waals surface area (Å²) in [5.74, 6) is -0.700. The first-order valence-electron chi connectivity index (χ1n) is 8.72. The summed E-state index contributed by atoms with van der Waals surface area (Å²) in [6.45, 7) is 3.18. The van der Waals surface area contributed by atoms with E-state index in [0.717, 1.165) is 11.3 Å². The fraction of sp³-hybridized carbons (Fsp3) is 0.250. The average molecular weight is 366 g/mol. The lowest BCUT2D eigenvalue weighted by Crippen LogP contribution is -2.39. The zero-order valence-electron chi connectivity index (χ0n) is 14.9. The third-order valence-electron chi connectivity index (χ3n) is 4.51. The molecule has 27 heavy (non-hydrogen) atoms. The molecule has 6 nitrogen and oxygen atoms in total. The summed E-state index contributed by atoms with van der Waals surface area (Å²) in [5, 5.41) is 0. The van der Waals surface area contributed by atoms with E-state index in [4.69, 9.17) is 4.74 Å². The molecule has 0 aromatic carbocycles. The molecule has 138 valence electrons. The number of rotatable bonds is 3. The van der Waals surface area contributed by atoms with Crippen molar-refractivity contribution in [1.29, 1.82) is 0 Å². The summed E-state index contributed by atoms with van der Waals surface area (Å²) in [6, 6.07) is 8.53. The number of carbonyl (C=O) groups excluding carboxylic acids is 1. The van der Waals surface area contributed by atoms with Gasteiger partial charge in [-0.05, 0) is 42.8 Å². The molecule has 0 radical (unpaired) electrons. The number of fused-ring (bicyclic) bond motifs is 1. The Morgan fingerprint density at radius 3 is 2.96 bits per heavy atom. The number of hydrogen-bond donors (Lipinski definition) is 0. The van der Waals surface area contributed by atoms with Crippen molar-refractivity contribution in [2.24, 2.45) is 0 Å². The minimum absolute atomic E-state index is 0.0530. The molecule has 1 atom stereocenters. The highest BCUT2D eigenvalue weighted by molar-refractivity contribution is 5.94. The number of aromatic nitrogens is 3. The van der Waals surface area contributed by atoms with Crippen molar-refractivity contribution in [3.63, 3.8) is 0 Å². The van der Waals surface area contributed by atoms with Crippen LogP contribution in [0.3, 0.4) is 0 Å². The first-order chi connectivity index (χ1) is 13.1. The molecule has 0 aliphatic carbocycles. The summed E-state index contributed by atoms with van der Waals surface area (Å²) in [5.41, 5.74) is 2.44. The molecule has 1 aliphatic rings. The Morgan fingerprint density at radius 1 is 1.26 bits per heavy atom. The molecule has 0 fully saturated rings. The molecular weight excluding hydrogens is 347 g/mol. The van der Waals surface area contributed by atoms with E-state index >= 15 is 0 Å². The molecule has 3 aromatic heterocycles. The fourth-order valence-electron chi connectivity index (χ4n) is 3.25. The lowest BCUT2D eigenvalue weighted by Gasteiger charge is -2.24. The van der Waals surface area contributed by atoms with Gasteiger partial charge in [-0.15, -0.1) is 0 Å². The van der Waals surface area contributed by atoms with Gasteiger partial charge in [-0.2, -0.15) is 0 Å². The molecule has 0 saturated heterocycles. The summed E-state index contributed by atoms with van der Waals surface area (Å²) < 4.78 is 21.8. The lowest BCUT2D eigenvalue weighted by molar-refractivity contribution is 0.0640. The normalized spacial score (nSPS) is 16.5. The van der Waals surface area contributed by atoms with Gasteiger partial charge < -0.3 is 14.2 Å². The minimum Gasteiger partial charge on any atom is -0.468 e. The molecule has 4 rings (SSSR count). The van der Waals surface area contributed by atoms with Crippen molar-refractivity contribution in [1.82, 2.24) is 19.4 Å². The number of hydrogen-bond acceptors (Lipinski definition) is 4. The van der Waals surface area contributed by atoms with Crippen molar-refractivity contribution in [3.05, 3.63) is 77.8 Å². The average Bonchev–Trinajstić information content (AvgIpc) is 3.01. The van der Waals surface area contributed by atoms with Crippen LogP contribution in [0.1, 0.15) is 21.6 Å². The topological polar surface area (TPSA) is 60.2 Å². The number of ether oxygens (including phenoxy) is 1. The molecule has 0 bridgehead atoms. The maximum Gasteiger partial charge on any atom is 0.255 e. The molecule has 7 heteroatoms. The van der Waals surface area contributed by atoms with Crippen LogP contribution in [0.2, 0.25) is 0 Å². The third-order valence-corrected chi connectivity index (χ3v) is 4.51. The van der Waals surface area contributed by atoms with Gasteiger partial charge >= 0.3 is 0 Å². The summed E-state index contributed by atoms with van der Waals surface area (Å²) in [7, 11) is 0. The summed E-state index contributed by atoms with van der Waals surface area (Å²) in [4.78, 5) is 22.8. The number of halogens is 1. The third kappa shape index (κ3) is 3.67. The van der Waals surface area contributed by atoms with Crippen molar-refractivity contribution in [3.8, 4) is 5.88 Å². The second-order valence-corrected chi connectivity index (χ2v) is 6.62. The Bertz CT molecular complexity index is 972. The van der Waals surface area contributed by atoms with Gasteiger partial charge in [0.25, 0.3) is 11.8 Å². The Morgan fingerprint density at radius 2 is 2.15 bits per heavy atom. The highest BCUT2D eigenvalue weighted by Crippen LogP contribution is 2.20. The molecular formula is C20H19FN4O2. The van der Waals surface area contributed by atoms with Crippen LogP contribution in [0.4, 0.5) is 4.39 Å². The minimum atomic E-state index is -0.518. The van der Waals surface area contributed by atoms with Crippen LogP contribution in [0.25, 0.3) is 0 Å². The predicted octanol–water partition coefficient (Wildman–Crippen LogP) is 2.83. The monoisotopic (exact) mass is 366 g/mol. The maximum atomic E-state index is 14.0. The van der Waals surface area contributed by atoms with Crippen LogP contribution < -0.4 is 4.74 Å². The Kier molecular flexibility index (Phi) is 4.58. The van der Waals surface area contributed by atoms with Gasteiger partial charge in [0.1, 0.15) is 6.10 Å². The van der Waals surface area contributed by atoms with E-state index in [0.29, 0.717) is 25.2 Å². The van der Waals surface area contributed by atoms with E-state index < -0.39 is 11.9 Å². The highest BCUT2D eigenvalue weighted by atomic mass is 19.1. The SMILES string of the molecule is Cc1cncc(C(=O)N2Cc3cccn3C[C@H](Oc3ncccc3F)C2)c1. The van der Waals surface area contributed by atoms with E-state index in [1.807, 2.05) is 35.9 Å². The van der Waals surface area contributed by atoms with Crippen molar-refractivity contribution in [2.75, 3.05) is 6.54 Å². The smallest absolute Gasteiger partial charge is 0.255 e. The lowest BCUT2D eigenvalue weighted by atomic mass is 10.2. The Balaban J connectivity index is 1.62. The van der Waals surface area contributed by atoms with Gasteiger partial charge in [-0.3, -0.25) is 9.78 Å². The van der Waals surface area contributed by atoms with Crippen molar-refractivity contribution >= 4 is 5.91 Å². The van der Waals surface area contributed by atoms with Gasteiger partial charge in [-0.1, -0.05) is 0 Å². The van der Waals surface area contributed by atoms with Gasteiger partial charge in [0.05, 0.1) is 25.2 Å². The van der Waals surface area contributed by atoms with Gasteiger partial charge in [0.2, 0.25) is 0 Å². The van der Waals surface area contributed by atoms with E-state index in [2.05, 4.69) is 9.97 Å². The quantitative estimate of drug-likeness (QED) is 0.715. The summed E-state index contributed by atoms with van der Waals surface area (Å²) >= 11 is 0. The Hall–Kier alpha value is -3.22. The van der Waals surface area contributed by atoms with Gasteiger partial charge in [-0.25, -0.2) is 9.37 Å². The van der Waals surface area contributed by atoms with Crippen LogP contribution >= 0.6 is 0 Å². The van der Waals surface area contributed by atoms with Crippen LogP contribution in [0.5, 0.6) is 5.88 Å². The van der Waals surface area contributed by atoms with Gasteiger partial charge in [0.15, 0.2) is 5.82 Å². The molecule has 1 aliphatic heterocycles. The molecule has 0 N–H and O–H groups in total. The second-order valence-electron chi connectivity index (χ2n) is 6.62. The van der Waals surface area contributed by atoms with E-state index in [1.54, 1.807) is 17.3 Å². The molecule has 3 aromatic rings.